The highest BCUT2D eigenvalue weighted by molar-refractivity contribution is 6.31. The van der Waals surface area contributed by atoms with Gasteiger partial charge in [0.1, 0.15) is 12.1 Å². The molecule has 1 aliphatic heterocycles. The van der Waals surface area contributed by atoms with Gasteiger partial charge in [-0.3, -0.25) is 19.3 Å². The minimum Gasteiger partial charge on any atom is -0.463 e. The molecule has 2 aromatic rings. The third-order valence-corrected chi connectivity index (χ3v) is 6.65. The summed E-state index contributed by atoms with van der Waals surface area (Å²) < 4.78 is 5.24. The number of nitrogens with zero attached hydrogens (tertiary/aromatic N) is 1. The van der Waals surface area contributed by atoms with Gasteiger partial charge in [0.05, 0.1) is 18.6 Å². The number of esters is 1. The van der Waals surface area contributed by atoms with Crippen molar-refractivity contribution in [1.29, 1.82) is 0 Å². The van der Waals surface area contributed by atoms with Crippen molar-refractivity contribution in [1.82, 2.24) is 15.5 Å². The van der Waals surface area contributed by atoms with E-state index in [-0.39, 0.29) is 12.5 Å². The second kappa shape index (κ2) is 10.1. The number of urea groups is 1. The average molecular weight is 498 g/mol. The summed E-state index contributed by atoms with van der Waals surface area (Å²) >= 11 is 6.32. The second-order valence-electron chi connectivity index (χ2n) is 9.12. The SMILES string of the molecule is CC(C)OC(=O)CC(NC(=O)CN1C(=O)NC2(CCCc3ccccc32)C1=O)c1ccccc1Cl. The molecule has 2 aliphatic rings. The van der Waals surface area contributed by atoms with Crippen molar-refractivity contribution in [3.63, 3.8) is 0 Å². The van der Waals surface area contributed by atoms with E-state index in [2.05, 4.69) is 10.6 Å². The number of carbonyl (C=O) groups excluding carboxylic acids is 4. The minimum atomic E-state index is -1.16. The third-order valence-electron chi connectivity index (χ3n) is 6.31. The maximum atomic E-state index is 13.5. The van der Waals surface area contributed by atoms with Crippen molar-refractivity contribution in [3.8, 4) is 0 Å². The van der Waals surface area contributed by atoms with Crippen LogP contribution >= 0.6 is 11.6 Å². The number of fused-ring (bicyclic) bond motifs is 2. The lowest BCUT2D eigenvalue weighted by Gasteiger charge is -2.33. The van der Waals surface area contributed by atoms with Crippen molar-refractivity contribution in [2.75, 3.05) is 6.54 Å². The largest absolute Gasteiger partial charge is 0.463 e. The lowest BCUT2D eigenvalue weighted by Crippen LogP contribution is -2.47. The molecule has 4 amide bonds. The Morgan fingerprint density at radius 3 is 2.60 bits per heavy atom. The molecule has 9 heteroatoms. The molecule has 0 radical (unpaired) electrons. The highest BCUT2D eigenvalue weighted by atomic mass is 35.5. The van der Waals surface area contributed by atoms with Gasteiger partial charge in [-0.2, -0.15) is 0 Å². The topological polar surface area (TPSA) is 105 Å². The van der Waals surface area contributed by atoms with E-state index < -0.39 is 41.9 Å². The van der Waals surface area contributed by atoms with E-state index in [9.17, 15) is 19.2 Å². The smallest absolute Gasteiger partial charge is 0.325 e. The van der Waals surface area contributed by atoms with Crippen molar-refractivity contribution < 1.29 is 23.9 Å². The van der Waals surface area contributed by atoms with Gasteiger partial charge in [-0.05, 0) is 55.9 Å². The molecule has 2 atom stereocenters. The van der Waals surface area contributed by atoms with Crippen molar-refractivity contribution >= 4 is 35.4 Å². The van der Waals surface area contributed by atoms with E-state index >= 15 is 0 Å². The normalized spacial score (nSPS) is 19.9. The summed E-state index contributed by atoms with van der Waals surface area (Å²) in [7, 11) is 0. The quantitative estimate of drug-likeness (QED) is 0.449. The van der Waals surface area contributed by atoms with Crippen molar-refractivity contribution in [2.45, 2.75) is 57.2 Å². The number of hydrogen-bond acceptors (Lipinski definition) is 5. The van der Waals surface area contributed by atoms with Gasteiger partial charge in [-0.25, -0.2) is 4.79 Å². The van der Waals surface area contributed by atoms with E-state index in [0.29, 0.717) is 17.0 Å². The van der Waals surface area contributed by atoms with Crippen LogP contribution in [0, 0.1) is 0 Å². The first-order valence-corrected chi connectivity index (χ1v) is 12.0. The van der Waals surface area contributed by atoms with Crippen LogP contribution in [0.1, 0.15) is 55.8 Å². The molecule has 35 heavy (non-hydrogen) atoms. The molecule has 1 spiro atoms. The van der Waals surface area contributed by atoms with Crippen LogP contribution in [0.5, 0.6) is 0 Å². The van der Waals surface area contributed by atoms with Gasteiger partial charge in [0.2, 0.25) is 5.91 Å². The zero-order valence-corrected chi connectivity index (χ0v) is 20.4. The number of ether oxygens (including phenoxy) is 1. The fraction of sp³-hybridized carbons (Fsp3) is 0.385. The highest BCUT2D eigenvalue weighted by Gasteiger charge is 2.54. The maximum Gasteiger partial charge on any atom is 0.325 e. The number of carbonyl (C=O) groups is 4. The molecular weight excluding hydrogens is 470 g/mol. The van der Waals surface area contributed by atoms with Gasteiger partial charge in [-0.1, -0.05) is 54.1 Å². The molecule has 4 rings (SSSR count). The summed E-state index contributed by atoms with van der Waals surface area (Å²) in [6.45, 7) is 2.99. The van der Waals surface area contributed by atoms with Crippen LogP contribution in [0.25, 0.3) is 0 Å². The standard InChI is InChI=1S/C26H28ClN3O5/c1-16(2)35-23(32)14-21(18-10-4-6-12-20(18)27)28-22(31)15-30-24(33)26(29-25(30)34)13-7-9-17-8-3-5-11-19(17)26/h3-6,8,10-12,16,21H,7,9,13-15H2,1-2H3,(H,28,31)(H,29,34). The number of nitrogens with one attached hydrogen (secondary N) is 2. The molecule has 184 valence electrons. The highest BCUT2D eigenvalue weighted by Crippen LogP contribution is 2.39. The summed E-state index contributed by atoms with van der Waals surface area (Å²) in [6, 6.07) is 13.0. The number of amides is 4. The fourth-order valence-corrected chi connectivity index (χ4v) is 5.08. The van der Waals surface area contributed by atoms with Gasteiger partial charge in [0, 0.05) is 5.02 Å². The molecule has 1 fully saturated rings. The molecule has 2 unspecified atom stereocenters. The molecule has 1 heterocycles. The van der Waals surface area contributed by atoms with Crippen LogP contribution < -0.4 is 10.6 Å². The Labute approximate surface area is 209 Å². The Morgan fingerprint density at radius 2 is 1.86 bits per heavy atom. The summed E-state index contributed by atoms with van der Waals surface area (Å²) in [6.07, 6.45) is 1.58. The van der Waals surface area contributed by atoms with Crippen LogP contribution in [0.2, 0.25) is 5.02 Å². The number of aryl methyl sites for hydroxylation is 1. The molecule has 1 saturated heterocycles. The van der Waals surface area contributed by atoms with Crippen molar-refractivity contribution in [3.05, 3.63) is 70.2 Å². The molecule has 2 aromatic carbocycles. The molecule has 1 aliphatic carbocycles. The van der Waals surface area contributed by atoms with Crippen molar-refractivity contribution in [2.24, 2.45) is 0 Å². The Kier molecular flexibility index (Phi) is 7.12. The Morgan fingerprint density at radius 1 is 1.14 bits per heavy atom. The van der Waals surface area contributed by atoms with Crippen LogP contribution in [0.4, 0.5) is 4.79 Å². The number of imide groups is 1. The van der Waals surface area contributed by atoms with Gasteiger partial charge < -0.3 is 15.4 Å². The maximum absolute atomic E-state index is 13.5. The predicted molar refractivity (Wildman–Crippen MR) is 129 cm³/mol. The number of halogens is 1. The number of rotatable bonds is 7. The van der Waals surface area contributed by atoms with E-state index in [4.69, 9.17) is 16.3 Å². The average Bonchev–Trinajstić information content (AvgIpc) is 3.03. The Balaban J connectivity index is 1.52. The molecule has 2 N–H and O–H groups in total. The molecule has 0 bridgehead atoms. The Bertz CT molecular complexity index is 1170. The van der Waals surface area contributed by atoms with Gasteiger partial charge in [-0.15, -0.1) is 0 Å². The fourth-order valence-electron chi connectivity index (χ4n) is 4.81. The lowest BCUT2D eigenvalue weighted by molar-refractivity contribution is -0.148. The van der Waals surface area contributed by atoms with Gasteiger partial charge >= 0.3 is 12.0 Å². The zero-order chi connectivity index (χ0) is 25.2. The summed E-state index contributed by atoms with van der Waals surface area (Å²) in [5.74, 6) is -1.53. The molecule has 0 aromatic heterocycles. The first kappa shape index (κ1) is 24.7. The van der Waals surface area contributed by atoms with E-state index in [1.54, 1.807) is 38.1 Å². The van der Waals surface area contributed by atoms with Crippen LogP contribution in [-0.2, 0) is 31.1 Å². The van der Waals surface area contributed by atoms with Crippen LogP contribution in [0.15, 0.2) is 48.5 Å². The Hall–Kier alpha value is -3.39. The summed E-state index contributed by atoms with van der Waals surface area (Å²) in [5.41, 5.74) is 1.17. The summed E-state index contributed by atoms with van der Waals surface area (Å²) in [5, 5.41) is 5.98. The number of hydrogen-bond donors (Lipinski definition) is 2. The van der Waals surface area contributed by atoms with Gasteiger partial charge in [0.15, 0.2) is 0 Å². The van der Waals surface area contributed by atoms with Gasteiger partial charge in [0.25, 0.3) is 5.91 Å². The predicted octanol–water partition coefficient (Wildman–Crippen LogP) is 3.62. The van der Waals surface area contributed by atoms with E-state index in [1.165, 1.54) is 0 Å². The molecule has 0 saturated carbocycles. The zero-order valence-electron chi connectivity index (χ0n) is 19.7. The molecular formula is C26H28ClN3O5. The van der Waals surface area contributed by atoms with E-state index in [0.717, 1.165) is 28.9 Å². The van der Waals surface area contributed by atoms with Crippen LogP contribution in [0.3, 0.4) is 0 Å². The first-order chi connectivity index (χ1) is 16.7. The third kappa shape index (κ3) is 5.03. The monoisotopic (exact) mass is 497 g/mol. The summed E-state index contributed by atoms with van der Waals surface area (Å²) in [4.78, 5) is 52.6. The second-order valence-corrected chi connectivity index (χ2v) is 9.53. The minimum absolute atomic E-state index is 0.148. The van der Waals surface area contributed by atoms with Crippen LogP contribution in [-0.4, -0.2) is 41.4 Å². The lowest BCUT2D eigenvalue weighted by atomic mass is 9.76. The number of benzene rings is 2. The molecule has 8 nitrogen and oxygen atoms in total. The first-order valence-electron chi connectivity index (χ1n) is 11.7. The van der Waals surface area contributed by atoms with E-state index in [1.807, 2.05) is 24.3 Å².